The Morgan fingerprint density at radius 2 is 1.92 bits per heavy atom. The normalized spacial score (nSPS) is 15.2. The summed E-state index contributed by atoms with van der Waals surface area (Å²) >= 11 is 1.33. The van der Waals surface area contributed by atoms with E-state index in [9.17, 15) is 18.3 Å². The molecule has 0 amide bonds. The van der Waals surface area contributed by atoms with Gasteiger partial charge in [0.15, 0.2) is 5.13 Å². The second kappa shape index (κ2) is 11.5. The predicted octanol–water partition coefficient (Wildman–Crippen LogP) is 4.17. The van der Waals surface area contributed by atoms with Gasteiger partial charge in [-0.3, -0.25) is 4.72 Å². The summed E-state index contributed by atoms with van der Waals surface area (Å²) in [5, 5.41) is 23.2. The molecule has 0 aliphatic carbocycles. The van der Waals surface area contributed by atoms with Crippen LogP contribution >= 0.6 is 11.3 Å². The summed E-state index contributed by atoms with van der Waals surface area (Å²) < 4.78 is 39.6. The van der Waals surface area contributed by atoms with Gasteiger partial charge < -0.3 is 25.0 Å². The third kappa shape index (κ3) is 6.58. The highest BCUT2D eigenvalue weighted by atomic mass is 32.2. The molecule has 198 valence electrons. The Bertz CT molecular complexity index is 1350. The number of rotatable bonds is 10. The van der Waals surface area contributed by atoms with Crippen LogP contribution in [0, 0.1) is 12.8 Å². The fourth-order valence-corrected chi connectivity index (χ4v) is 6.41. The monoisotopic (exact) mass is 547 g/mol. The molecule has 2 heterocycles. The molecule has 0 radical (unpaired) electrons. The zero-order chi connectivity index (χ0) is 26.6. The maximum atomic E-state index is 13.2. The molecular weight excluding hydrogens is 518 g/mol. The predicted molar refractivity (Wildman–Crippen MR) is 141 cm³/mol. The number of nitrogens with zero attached hydrogens (tertiary/aromatic N) is 1. The summed E-state index contributed by atoms with van der Waals surface area (Å²) in [6.07, 6.45) is 1.69. The molecule has 3 aromatic rings. The van der Waals surface area contributed by atoms with Gasteiger partial charge in [0.2, 0.25) is 0 Å². The van der Waals surface area contributed by atoms with Crippen molar-refractivity contribution in [3.8, 4) is 16.2 Å². The number of benzene rings is 2. The number of methoxy groups -OCH3 is 1. The maximum absolute atomic E-state index is 13.2. The second-order valence-electron chi connectivity index (χ2n) is 8.74. The highest BCUT2D eigenvalue weighted by Crippen LogP contribution is 2.37. The Morgan fingerprint density at radius 1 is 1.22 bits per heavy atom. The van der Waals surface area contributed by atoms with Crippen molar-refractivity contribution in [1.82, 2.24) is 4.98 Å². The molecule has 4 N–H and O–H groups in total. The number of ether oxygens (including phenoxy) is 2. The minimum Gasteiger partial charge on any atom is -0.495 e. The van der Waals surface area contributed by atoms with Gasteiger partial charge in [-0.05, 0) is 80.1 Å². The van der Waals surface area contributed by atoms with E-state index in [0.29, 0.717) is 41.9 Å². The number of carbonyl (C=O) groups is 1. The van der Waals surface area contributed by atoms with Crippen LogP contribution in [0.15, 0.2) is 47.4 Å². The molecule has 1 saturated heterocycles. The van der Waals surface area contributed by atoms with Gasteiger partial charge in [-0.1, -0.05) is 11.3 Å². The third-order valence-corrected chi connectivity index (χ3v) is 8.62. The first kappa shape index (κ1) is 26.9. The van der Waals surface area contributed by atoms with Crippen molar-refractivity contribution < 1.29 is 32.9 Å². The number of sulfonamides is 1. The highest BCUT2D eigenvalue weighted by Gasteiger charge is 2.23. The zero-order valence-corrected chi connectivity index (χ0v) is 22.1. The number of hydrogen-bond donors (Lipinski definition) is 4. The first-order valence-electron chi connectivity index (χ1n) is 11.7. The maximum Gasteiger partial charge on any atom is 0.335 e. The summed E-state index contributed by atoms with van der Waals surface area (Å²) in [6, 6.07) is 10.2. The van der Waals surface area contributed by atoms with E-state index in [4.69, 9.17) is 14.6 Å². The van der Waals surface area contributed by atoms with Crippen molar-refractivity contribution in [2.24, 2.45) is 5.92 Å². The van der Waals surface area contributed by atoms with Crippen molar-refractivity contribution in [2.75, 3.05) is 30.4 Å². The highest BCUT2D eigenvalue weighted by molar-refractivity contribution is 7.92. The number of hydrogen-bond acceptors (Lipinski definition) is 9. The summed E-state index contributed by atoms with van der Waals surface area (Å²) in [6.45, 7) is 3.24. The van der Waals surface area contributed by atoms with Gasteiger partial charge >= 0.3 is 5.97 Å². The van der Waals surface area contributed by atoms with Crippen molar-refractivity contribution in [3.63, 3.8) is 0 Å². The van der Waals surface area contributed by atoms with E-state index in [1.54, 1.807) is 12.1 Å². The lowest BCUT2D eigenvalue weighted by Gasteiger charge is -2.24. The van der Waals surface area contributed by atoms with Gasteiger partial charge in [0.05, 0.1) is 23.2 Å². The van der Waals surface area contributed by atoms with Gasteiger partial charge in [-0.2, -0.15) is 0 Å². The van der Waals surface area contributed by atoms with Gasteiger partial charge in [-0.25, -0.2) is 18.2 Å². The summed E-state index contributed by atoms with van der Waals surface area (Å²) in [5.41, 5.74) is 1.59. The van der Waals surface area contributed by atoms with E-state index in [-0.39, 0.29) is 21.9 Å². The van der Waals surface area contributed by atoms with Crippen molar-refractivity contribution >= 4 is 38.1 Å². The molecule has 10 nitrogen and oxygen atoms in total. The number of anilines is 2. The SMILES string of the molecule is COc1ccc(-c2sc(NC(O)CC3CCOCC3)nc2C)cc1S(=O)(=O)Nc1ccc(C(=O)O)cc1. The zero-order valence-electron chi connectivity index (χ0n) is 20.4. The Kier molecular flexibility index (Phi) is 8.32. The van der Waals surface area contributed by atoms with E-state index < -0.39 is 22.2 Å². The standard InChI is InChI=1S/C25H29N3O7S2/c1-15-23(36-25(26-15)27-22(29)13-16-9-11-35-12-10-16)18-5-8-20(34-2)21(14-18)37(32,33)28-19-6-3-17(4-7-19)24(30)31/h3-8,14,16,22,28-29H,9-13H2,1-2H3,(H,26,27)(H,30,31). The molecule has 1 atom stereocenters. The molecule has 0 saturated carbocycles. The number of carboxylic acids is 1. The van der Waals surface area contributed by atoms with Crippen LogP contribution in [-0.4, -0.2) is 56.1 Å². The number of nitrogens with one attached hydrogen (secondary N) is 2. The van der Waals surface area contributed by atoms with E-state index in [2.05, 4.69) is 15.0 Å². The lowest BCUT2D eigenvalue weighted by Crippen LogP contribution is -2.26. The Hall–Kier alpha value is -3.19. The molecule has 1 aromatic heterocycles. The van der Waals surface area contributed by atoms with Gasteiger partial charge in [-0.15, -0.1) is 0 Å². The Balaban J connectivity index is 1.55. The van der Waals surface area contributed by atoms with Crippen LogP contribution in [0.25, 0.3) is 10.4 Å². The molecule has 1 aliphatic rings. The van der Waals surface area contributed by atoms with Gasteiger partial charge in [0.1, 0.15) is 16.9 Å². The van der Waals surface area contributed by atoms with Crippen LogP contribution in [0.2, 0.25) is 0 Å². The topological polar surface area (TPSA) is 147 Å². The van der Waals surface area contributed by atoms with Crippen LogP contribution in [-0.2, 0) is 14.8 Å². The molecule has 1 fully saturated rings. The first-order valence-corrected chi connectivity index (χ1v) is 14.0. The molecule has 0 spiro atoms. The first-order chi connectivity index (χ1) is 17.7. The number of thiazole rings is 1. The number of aromatic carboxylic acids is 1. The minimum absolute atomic E-state index is 0.0467. The molecule has 0 bridgehead atoms. The number of aliphatic hydroxyl groups is 1. The molecular formula is C25H29N3O7S2. The number of carboxylic acid groups (broad SMARTS) is 1. The van der Waals surface area contributed by atoms with Gasteiger partial charge in [0, 0.05) is 18.9 Å². The third-order valence-electron chi connectivity index (χ3n) is 6.08. The molecule has 4 rings (SSSR count). The van der Waals surface area contributed by atoms with Crippen molar-refractivity contribution in [3.05, 3.63) is 53.7 Å². The number of aryl methyl sites for hydroxylation is 1. The average Bonchev–Trinajstić information content (AvgIpc) is 3.23. The van der Waals surface area contributed by atoms with Gasteiger partial charge in [0.25, 0.3) is 10.0 Å². The van der Waals surface area contributed by atoms with Crippen LogP contribution in [0.1, 0.15) is 35.3 Å². The molecule has 1 unspecified atom stereocenters. The smallest absolute Gasteiger partial charge is 0.335 e. The summed E-state index contributed by atoms with van der Waals surface area (Å²) in [7, 11) is -2.68. The number of aromatic nitrogens is 1. The van der Waals surface area contributed by atoms with Crippen LogP contribution < -0.4 is 14.8 Å². The molecule has 1 aliphatic heterocycles. The molecule has 12 heteroatoms. The van der Waals surface area contributed by atoms with E-state index in [1.807, 2.05) is 6.92 Å². The fraction of sp³-hybridized carbons (Fsp3) is 0.360. The second-order valence-corrected chi connectivity index (χ2v) is 11.4. The summed E-state index contributed by atoms with van der Waals surface area (Å²) in [5.74, 6) is -0.557. The average molecular weight is 548 g/mol. The largest absolute Gasteiger partial charge is 0.495 e. The Labute approximate surface area is 219 Å². The van der Waals surface area contributed by atoms with E-state index >= 15 is 0 Å². The van der Waals surface area contributed by atoms with E-state index in [0.717, 1.165) is 17.7 Å². The van der Waals surface area contributed by atoms with Crippen LogP contribution in [0.5, 0.6) is 5.75 Å². The molecule has 37 heavy (non-hydrogen) atoms. The lowest BCUT2D eigenvalue weighted by atomic mass is 9.96. The van der Waals surface area contributed by atoms with Crippen molar-refractivity contribution in [2.45, 2.75) is 37.3 Å². The van der Waals surface area contributed by atoms with Crippen LogP contribution in [0.3, 0.4) is 0 Å². The summed E-state index contributed by atoms with van der Waals surface area (Å²) in [4.78, 5) is 16.3. The van der Waals surface area contributed by atoms with Crippen LogP contribution in [0.4, 0.5) is 10.8 Å². The fourth-order valence-electron chi connectivity index (χ4n) is 4.14. The van der Waals surface area contributed by atoms with Crippen molar-refractivity contribution in [1.29, 1.82) is 0 Å². The minimum atomic E-state index is -4.07. The Morgan fingerprint density at radius 3 is 2.57 bits per heavy atom. The number of aliphatic hydroxyl groups excluding tert-OH is 1. The lowest BCUT2D eigenvalue weighted by molar-refractivity contribution is 0.0484. The molecule has 2 aromatic carbocycles. The van der Waals surface area contributed by atoms with E-state index in [1.165, 1.54) is 48.8 Å². The quantitative estimate of drug-likeness (QED) is 0.275.